The summed E-state index contributed by atoms with van der Waals surface area (Å²) < 4.78 is 1.86. The molecular formula is C21H27N3OS. The van der Waals surface area contributed by atoms with Gasteiger partial charge in [-0.25, -0.2) is 4.98 Å². The number of thiophene rings is 1. The predicted octanol–water partition coefficient (Wildman–Crippen LogP) is 4.34. The van der Waals surface area contributed by atoms with Gasteiger partial charge in [0.25, 0.3) is 5.56 Å². The summed E-state index contributed by atoms with van der Waals surface area (Å²) in [4.78, 5) is 22.5. The molecule has 0 aliphatic heterocycles. The normalized spacial score (nSPS) is 11.6. The fraction of sp³-hybridized carbons (Fsp3) is 0.429. The molecule has 0 saturated heterocycles. The van der Waals surface area contributed by atoms with E-state index in [4.69, 9.17) is 4.98 Å². The van der Waals surface area contributed by atoms with Gasteiger partial charge in [-0.1, -0.05) is 44.5 Å². The quantitative estimate of drug-likeness (QED) is 0.622. The first-order valence-electron chi connectivity index (χ1n) is 9.40. The van der Waals surface area contributed by atoms with Crippen LogP contribution in [-0.2, 0) is 13.0 Å². The molecule has 0 saturated carbocycles. The molecule has 0 spiro atoms. The van der Waals surface area contributed by atoms with Gasteiger partial charge in [-0.3, -0.25) is 9.36 Å². The highest BCUT2D eigenvalue weighted by molar-refractivity contribution is 7.18. The summed E-state index contributed by atoms with van der Waals surface area (Å²) in [6.07, 6.45) is 0.930. The molecule has 1 aromatic carbocycles. The van der Waals surface area contributed by atoms with E-state index in [0.29, 0.717) is 6.54 Å². The summed E-state index contributed by atoms with van der Waals surface area (Å²) in [5, 5.41) is 0.753. The van der Waals surface area contributed by atoms with Crippen molar-refractivity contribution in [3.05, 3.63) is 51.1 Å². The van der Waals surface area contributed by atoms with Crippen LogP contribution >= 0.6 is 11.3 Å². The molecule has 0 fully saturated rings. The fourth-order valence-corrected chi connectivity index (χ4v) is 4.19. The Hall–Kier alpha value is -1.98. The van der Waals surface area contributed by atoms with Crippen molar-refractivity contribution in [2.45, 2.75) is 40.7 Å². The highest BCUT2D eigenvalue weighted by Gasteiger charge is 2.16. The van der Waals surface area contributed by atoms with Crippen LogP contribution in [0.1, 0.15) is 31.2 Å². The summed E-state index contributed by atoms with van der Waals surface area (Å²) in [5.41, 5.74) is 2.26. The first-order valence-corrected chi connectivity index (χ1v) is 10.2. The molecule has 0 atom stereocenters. The zero-order chi connectivity index (χ0) is 18.7. The predicted molar refractivity (Wildman–Crippen MR) is 111 cm³/mol. The van der Waals surface area contributed by atoms with Crippen LogP contribution in [-0.4, -0.2) is 34.1 Å². The Morgan fingerprint density at radius 1 is 1.15 bits per heavy atom. The minimum atomic E-state index is 0.0783. The lowest BCUT2D eigenvalue weighted by Crippen LogP contribution is -2.32. The van der Waals surface area contributed by atoms with Crippen molar-refractivity contribution in [2.75, 3.05) is 19.6 Å². The number of nitrogens with zero attached hydrogens (tertiary/aromatic N) is 3. The van der Waals surface area contributed by atoms with E-state index in [1.54, 1.807) is 11.3 Å². The Bertz CT molecular complexity index is 954. The lowest BCUT2D eigenvalue weighted by molar-refractivity contribution is 0.289. The molecule has 0 radical (unpaired) electrons. The summed E-state index contributed by atoms with van der Waals surface area (Å²) in [7, 11) is 0. The third-order valence-corrected chi connectivity index (χ3v) is 6.03. The average Bonchev–Trinajstić information content (AvgIpc) is 3.07. The van der Waals surface area contributed by atoms with Gasteiger partial charge in [0.2, 0.25) is 0 Å². The lowest BCUT2D eigenvalue weighted by atomic mass is 10.1. The number of likely N-dealkylation sites (N-methyl/N-ethyl adjacent to an activating group) is 1. The number of benzene rings is 1. The molecule has 3 rings (SSSR count). The second-order valence-electron chi connectivity index (χ2n) is 6.57. The molecule has 138 valence electrons. The molecule has 2 heterocycles. The van der Waals surface area contributed by atoms with E-state index in [2.05, 4.69) is 44.7 Å². The van der Waals surface area contributed by atoms with E-state index in [1.807, 2.05) is 22.8 Å². The number of aromatic nitrogens is 2. The van der Waals surface area contributed by atoms with Crippen LogP contribution in [0.25, 0.3) is 21.6 Å². The maximum Gasteiger partial charge on any atom is 0.262 e. The second-order valence-corrected chi connectivity index (χ2v) is 7.69. The highest BCUT2D eigenvalue weighted by Crippen LogP contribution is 2.26. The maximum atomic E-state index is 13.2. The summed E-state index contributed by atoms with van der Waals surface area (Å²) in [6, 6.07) is 10.3. The zero-order valence-electron chi connectivity index (χ0n) is 16.1. The standard InChI is InChI=1S/C21H27N3OS/c1-5-17-14-18-20(26-17)22-19(16-10-8-9-15(4)13-16)24(21(18)25)12-11-23(6-2)7-3/h8-10,13-14H,5-7,11-12H2,1-4H3. The molecule has 0 aliphatic rings. The van der Waals surface area contributed by atoms with Crippen LogP contribution in [0.15, 0.2) is 35.1 Å². The Kier molecular flexibility index (Phi) is 5.89. The molecule has 26 heavy (non-hydrogen) atoms. The minimum Gasteiger partial charge on any atom is -0.302 e. The fourth-order valence-electron chi connectivity index (χ4n) is 3.23. The number of hydrogen-bond donors (Lipinski definition) is 0. The number of hydrogen-bond acceptors (Lipinski definition) is 4. The van der Waals surface area contributed by atoms with E-state index in [9.17, 15) is 4.79 Å². The molecule has 0 bridgehead atoms. The van der Waals surface area contributed by atoms with Crippen LogP contribution in [0.2, 0.25) is 0 Å². The Morgan fingerprint density at radius 3 is 2.58 bits per heavy atom. The van der Waals surface area contributed by atoms with Crippen molar-refractivity contribution in [3.63, 3.8) is 0 Å². The SMILES string of the molecule is CCc1cc2c(=O)n(CCN(CC)CC)c(-c3cccc(C)c3)nc2s1. The number of rotatable bonds is 7. The van der Waals surface area contributed by atoms with Gasteiger partial charge in [0, 0.05) is 23.5 Å². The third kappa shape index (κ3) is 3.74. The van der Waals surface area contributed by atoms with Gasteiger partial charge < -0.3 is 4.90 Å². The largest absolute Gasteiger partial charge is 0.302 e. The molecule has 0 aliphatic carbocycles. The minimum absolute atomic E-state index is 0.0783. The second kappa shape index (κ2) is 8.14. The van der Waals surface area contributed by atoms with Gasteiger partial charge in [0.1, 0.15) is 10.7 Å². The Balaban J connectivity index is 2.16. The van der Waals surface area contributed by atoms with Gasteiger partial charge in [0.15, 0.2) is 0 Å². The van der Waals surface area contributed by atoms with E-state index in [1.165, 1.54) is 10.4 Å². The van der Waals surface area contributed by atoms with Crippen molar-refractivity contribution >= 4 is 21.6 Å². The zero-order valence-corrected chi connectivity index (χ0v) is 16.9. The van der Waals surface area contributed by atoms with Gasteiger partial charge in [-0.2, -0.15) is 0 Å². The Morgan fingerprint density at radius 2 is 1.92 bits per heavy atom. The van der Waals surface area contributed by atoms with Crippen molar-refractivity contribution in [1.29, 1.82) is 0 Å². The van der Waals surface area contributed by atoms with Crippen LogP contribution in [0.3, 0.4) is 0 Å². The molecule has 5 heteroatoms. The molecule has 0 N–H and O–H groups in total. The molecule has 0 unspecified atom stereocenters. The van der Waals surface area contributed by atoms with Crippen molar-refractivity contribution in [2.24, 2.45) is 0 Å². The van der Waals surface area contributed by atoms with Crippen LogP contribution in [0.4, 0.5) is 0 Å². The molecular weight excluding hydrogens is 342 g/mol. The third-order valence-electron chi connectivity index (χ3n) is 4.86. The van der Waals surface area contributed by atoms with Gasteiger partial charge >= 0.3 is 0 Å². The number of fused-ring (bicyclic) bond motifs is 1. The smallest absolute Gasteiger partial charge is 0.262 e. The topological polar surface area (TPSA) is 38.1 Å². The summed E-state index contributed by atoms with van der Waals surface area (Å²) in [5.74, 6) is 0.780. The highest BCUT2D eigenvalue weighted by atomic mass is 32.1. The first-order chi connectivity index (χ1) is 12.6. The van der Waals surface area contributed by atoms with Crippen LogP contribution < -0.4 is 5.56 Å². The van der Waals surface area contributed by atoms with E-state index in [-0.39, 0.29) is 5.56 Å². The monoisotopic (exact) mass is 369 g/mol. The average molecular weight is 370 g/mol. The van der Waals surface area contributed by atoms with Crippen molar-refractivity contribution < 1.29 is 0 Å². The molecule has 0 amide bonds. The molecule has 3 aromatic rings. The van der Waals surface area contributed by atoms with Crippen molar-refractivity contribution in [3.8, 4) is 11.4 Å². The molecule has 2 aromatic heterocycles. The molecule has 4 nitrogen and oxygen atoms in total. The van der Waals surface area contributed by atoms with E-state index < -0.39 is 0 Å². The maximum absolute atomic E-state index is 13.2. The first kappa shape index (κ1) is 18.8. The van der Waals surface area contributed by atoms with Crippen LogP contribution in [0.5, 0.6) is 0 Å². The lowest BCUT2D eigenvalue weighted by Gasteiger charge is -2.20. The Labute approximate surface area is 159 Å². The number of aryl methyl sites for hydroxylation is 2. The van der Waals surface area contributed by atoms with Gasteiger partial charge in [-0.05, 0) is 38.6 Å². The summed E-state index contributed by atoms with van der Waals surface area (Å²) in [6.45, 7) is 12.0. The van der Waals surface area contributed by atoms with Crippen molar-refractivity contribution in [1.82, 2.24) is 14.5 Å². The van der Waals surface area contributed by atoms with Gasteiger partial charge in [-0.15, -0.1) is 11.3 Å². The van der Waals surface area contributed by atoms with Crippen LogP contribution in [0, 0.1) is 6.92 Å². The van der Waals surface area contributed by atoms with E-state index in [0.717, 1.165) is 47.7 Å². The summed E-state index contributed by atoms with van der Waals surface area (Å²) >= 11 is 1.63. The van der Waals surface area contributed by atoms with E-state index >= 15 is 0 Å². The van der Waals surface area contributed by atoms with Gasteiger partial charge in [0.05, 0.1) is 5.39 Å².